The fourth-order valence-corrected chi connectivity index (χ4v) is 3.70. The summed E-state index contributed by atoms with van der Waals surface area (Å²) in [7, 11) is 0. The van der Waals surface area contributed by atoms with E-state index < -0.39 is 5.97 Å². The fourth-order valence-electron chi connectivity index (χ4n) is 2.56. The Bertz CT molecular complexity index is 465. The largest absolute Gasteiger partial charge is 0.478 e. The van der Waals surface area contributed by atoms with Gasteiger partial charge < -0.3 is 16.2 Å². The molecule has 19 heavy (non-hydrogen) atoms. The number of aromatic carboxylic acids is 1. The first-order valence-electron chi connectivity index (χ1n) is 6.61. The Hall–Kier alpha value is -1.36. The normalized spacial score (nSPS) is 22.4. The highest BCUT2D eigenvalue weighted by atomic mass is 32.2. The van der Waals surface area contributed by atoms with Crippen LogP contribution in [-0.2, 0) is 0 Å². The lowest BCUT2D eigenvalue weighted by atomic mass is 10.1. The van der Waals surface area contributed by atoms with E-state index in [1.54, 1.807) is 6.07 Å². The van der Waals surface area contributed by atoms with Gasteiger partial charge in [-0.15, -0.1) is 0 Å². The zero-order valence-electron chi connectivity index (χ0n) is 11.1. The predicted octanol–water partition coefficient (Wildman–Crippen LogP) is 3.05. The average Bonchev–Trinajstić information content (AvgIpc) is 2.79. The maximum absolute atomic E-state index is 11.0. The molecule has 1 aliphatic rings. The number of thioether (sulfide) groups is 1. The zero-order chi connectivity index (χ0) is 13.8. The molecule has 0 heterocycles. The summed E-state index contributed by atoms with van der Waals surface area (Å²) < 4.78 is 0. The molecule has 5 heteroatoms. The van der Waals surface area contributed by atoms with Crippen LogP contribution >= 0.6 is 11.8 Å². The van der Waals surface area contributed by atoms with Gasteiger partial charge in [0.15, 0.2) is 0 Å². The van der Waals surface area contributed by atoms with Crippen LogP contribution in [0.25, 0.3) is 0 Å². The molecule has 4 nitrogen and oxygen atoms in total. The summed E-state index contributed by atoms with van der Waals surface area (Å²) in [5.41, 5.74) is 7.15. The van der Waals surface area contributed by atoms with Gasteiger partial charge in [-0.25, -0.2) is 4.79 Å². The van der Waals surface area contributed by atoms with Gasteiger partial charge in [-0.1, -0.05) is 13.0 Å². The molecule has 1 aromatic carbocycles. The van der Waals surface area contributed by atoms with Crippen LogP contribution in [0.15, 0.2) is 18.2 Å². The molecule has 0 aromatic heterocycles. The van der Waals surface area contributed by atoms with Crippen LogP contribution in [-0.4, -0.2) is 28.1 Å². The van der Waals surface area contributed by atoms with Gasteiger partial charge in [0, 0.05) is 11.3 Å². The maximum atomic E-state index is 11.0. The van der Waals surface area contributed by atoms with Gasteiger partial charge in [0.05, 0.1) is 16.9 Å². The van der Waals surface area contributed by atoms with E-state index >= 15 is 0 Å². The molecule has 0 aliphatic heterocycles. The van der Waals surface area contributed by atoms with E-state index in [-0.39, 0.29) is 5.56 Å². The molecular weight excluding hydrogens is 260 g/mol. The van der Waals surface area contributed by atoms with Crippen molar-refractivity contribution in [1.29, 1.82) is 0 Å². The minimum Gasteiger partial charge on any atom is -0.478 e. The Morgan fingerprint density at radius 3 is 3.00 bits per heavy atom. The summed E-state index contributed by atoms with van der Waals surface area (Å²) in [6.07, 6.45) is 3.46. The van der Waals surface area contributed by atoms with Crippen molar-refractivity contribution in [3.05, 3.63) is 23.8 Å². The standard InChI is InChI=1S/C14H20N2O2S/c1-2-19-10-7-6-9(8-10)16-12-5-3-4-11(13(12)15)14(17)18/h3-5,9-10,16H,2,6-8,15H2,1H3,(H,17,18). The van der Waals surface area contributed by atoms with Gasteiger partial charge in [-0.05, 0) is 37.1 Å². The number of rotatable bonds is 5. The quantitative estimate of drug-likeness (QED) is 0.723. The number of nitrogens with two attached hydrogens (primary N) is 1. The summed E-state index contributed by atoms with van der Waals surface area (Å²) in [4.78, 5) is 11.0. The number of carboxylic acids is 1. The van der Waals surface area contributed by atoms with E-state index in [1.807, 2.05) is 17.8 Å². The third kappa shape index (κ3) is 3.35. The summed E-state index contributed by atoms with van der Waals surface area (Å²) in [6, 6.07) is 5.51. The van der Waals surface area contributed by atoms with E-state index in [4.69, 9.17) is 10.8 Å². The van der Waals surface area contributed by atoms with Crippen LogP contribution in [0.2, 0.25) is 0 Å². The molecule has 1 aromatic rings. The van der Waals surface area contributed by atoms with Gasteiger partial charge in [0.25, 0.3) is 0 Å². The second-order valence-electron chi connectivity index (χ2n) is 4.80. The molecule has 1 saturated carbocycles. The number of para-hydroxylation sites is 1. The number of anilines is 2. The van der Waals surface area contributed by atoms with Gasteiger partial charge in [-0.3, -0.25) is 0 Å². The Morgan fingerprint density at radius 1 is 1.53 bits per heavy atom. The Morgan fingerprint density at radius 2 is 2.32 bits per heavy atom. The Labute approximate surface area is 117 Å². The van der Waals surface area contributed by atoms with E-state index in [2.05, 4.69) is 12.2 Å². The first kappa shape index (κ1) is 14.1. The van der Waals surface area contributed by atoms with Crippen molar-refractivity contribution in [2.45, 2.75) is 37.5 Å². The van der Waals surface area contributed by atoms with Crippen LogP contribution < -0.4 is 11.1 Å². The highest BCUT2D eigenvalue weighted by Crippen LogP contribution is 2.33. The summed E-state index contributed by atoms with van der Waals surface area (Å²) in [6.45, 7) is 2.18. The van der Waals surface area contributed by atoms with E-state index in [1.165, 1.54) is 12.5 Å². The lowest BCUT2D eigenvalue weighted by Gasteiger charge is -2.17. The van der Waals surface area contributed by atoms with Crippen molar-refractivity contribution in [3.63, 3.8) is 0 Å². The number of carboxylic acid groups (broad SMARTS) is 1. The van der Waals surface area contributed by atoms with E-state index in [0.29, 0.717) is 17.0 Å². The molecule has 1 aliphatic carbocycles. The van der Waals surface area contributed by atoms with Crippen molar-refractivity contribution in [1.82, 2.24) is 0 Å². The van der Waals surface area contributed by atoms with Crippen molar-refractivity contribution in [2.75, 3.05) is 16.8 Å². The minimum absolute atomic E-state index is 0.169. The fraction of sp³-hybridized carbons (Fsp3) is 0.500. The molecule has 4 N–H and O–H groups in total. The van der Waals surface area contributed by atoms with Crippen molar-refractivity contribution in [3.8, 4) is 0 Å². The van der Waals surface area contributed by atoms with Gasteiger partial charge in [0.1, 0.15) is 0 Å². The SMILES string of the molecule is CCSC1CCC(Nc2cccc(C(=O)O)c2N)C1. The molecular formula is C14H20N2O2S. The molecule has 104 valence electrons. The predicted molar refractivity (Wildman–Crippen MR) is 81.0 cm³/mol. The highest BCUT2D eigenvalue weighted by Gasteiger charge is 2.25. The summed E-state index contributed by atoms with van der Waals surface area (Å²) >= 11 is 2.00. The van der Waals surface area contributed by atoms with Crippen molar-refractivity contribution >= 4 is 29.1 Å². The number of nitrogens with one attached hydrogen (secondary N) is 1. The monoisotopic (exact) mass is 280 g/mol. The van der Waals surface area contributed by atoms with Gasteiger partial charge >= 0.3 is 5.97 Å². The van der Waals surface area contributed by atoms with Crippen LogP contribution in [0, 0.1) is 0 Å². The molecule has 0 amide bonds. The van der Waals surface area contributed by atoms with Crippen molar-refractivity contribution < 1.29 is 9.90 Å². The Balaban J connectivity index is 2.04. The summed E-state index contributed by atoms with van der Waals surface area (Å²) in [5.74, 6) is 0.167. The van der Waals surface area contributed by atoms with Crippen LogP contribution in [0.5, 0.6) is 0 Å². The van der Waals surface area contributed by atoms with E-state index in [0.717, 1.165) is 24.3 Å². The molecule has 1 fully saturated rings. The molecule has 2 unspecified atom stereocenters. The third-order valence-electron chi connectivity index (χ3n) is 3.48. The number of benzene rings is 1. The zero-order valence-corrected chi connectivity index (χ0v) is 11.9. The number of hydrogen-bond acceptors (Lipinski definition) is 4. The average molecular weight is 280 g/mol. The first-order chi connectivity index (χ1) is 9.11. The minimum atomic E-state index is -0.980. The lowest BCUT2D eigenvalue weighted by molar-refractivity contribution is 0.0698. The third-order valence-corrected chi connectivity index (χ3v) is 4.72. The molecule has 0 bridgehead atoms. The second-order valence-corrected chi connectivity index (χ2v) is 6.38. The topological polar surface area (TPSA) is 75.3 Å². The van der Waals surface area contributed by atoms with Crippen molar-refractivity contribution in [2.24, 2.45) is 0 Å². The first-order valence-corrected chi connectivity index (χ1v) is 7.66. The molecule has 2 rings (SSSR count). The van der Waals surface area contributed by atoms with Crippen LogP contribution in [0.4, 0.5) is 11.4 Å². The van der Waals surface area contributed by atoms with Gasteiger partial charge in [0.2, 0.25) is 0 Å². The molecule has 0 radical (unpaired) electrons. The molecule has 0 saturated heterocycles. The number of carbonyl (C=O) groups is 1. The summed E-state index contributed by atoms with van der Waals surface area (Å²) in [5, 5.41) is 13.2. The smallest absolute Gasteiger partial charge is 0.337 e. The van der Waals surface area contributed by atoms with E-state index in [9.17, 15) is 4.79 Å². The number of nitrogen functional groups attached to an aromatic ring is 1. The van der Waals surface area contributed by atoms with Gasteiger partial charge in [-0.2, -0.15) is 11.8 Å². The van der Waals surface area contributed by atoms with Crippen LogP contribution in [0.3, 0.4) is 0 Å². The molecule has 0 spiro atoms. The molecule has 2 atom stereocenters. The Kier molecular flexibility index (Phi) is 4.58. The number of hydrogen-bond donors (Lipinski definition) is 3. The second kappa shape index (κ2) is 6.19. The van der Waals surface area contributed by atoms with Crippen LogP contribution in [0.1, 0.15) is 36.5 Å². The highest BCUT2D eigenvalue weighted by molar-refractivity contribution is 7.99. The maximum Gasteiger partial charge on any atom is 0.337 e. The lowest BCUT2D eigenvalue weighted by Crippen LogP contribution is -2.18.